The molecule has 2 rings (SSSR count). The Morgan fingerprint density at radius 2 is 2.29 bits per heavy atom. The number of ether oxygens (including phenoxy) is 1. The second kappa shape index (κ2) is 5.45. The highest BCUT2D eigenvalue weighted by Crippen LogP contribution is 2.21. The predicted octanol–water partition coefficient (Wildman–Crippen LogP) is 1.85. The Labute approximate surface area is 99.8 Å². The second-order valence-corrected chi connectivity index (χ2v) is 3.50. The summed E-state index contributed by atoms with van der Waals surface area (Å²) in [5, 5.41) is 6.88. The summed E-state index contributed by atoms with van der Waals surface area (Å²) in [5.74, 6) is 1.96. The minimum atomic E-state index is 0.568. The van der Waals surface area contributed by atoms with E-state index in [-0.39, 0.29) is 0 Å². The van der Waals surface area contributed by atoms with Crippen LogP contribution in [0.4, 0.5) is 0 Å². The summed E-state index contributed by atoms with van der Waals surface area (Å²) in [6, 6.07) is 7.64. The van der Waals surface area contributed by atoms with Crippen LogP contribution in [0.2, 0.25) is 0 Å². The Morgan fingerprint density at radius 1 is 1.41 bits per heavy atom. The molecule has 1 N–H and O–H groups in total. The molecule has 2 aromatic rings. The van der Waals surface area contributed by atoms with Crippen LogP contribution in [-0.4, -0.2) is 23.8 Å². The van der Waals surface area contributed by atoms with Crippen LogP contribution in [0.15, 0.2) is 28.8 Å². The van der Waals surface area contributed by atoms with E-state index in [1.807, 2.05) is 38.2 Å². The zero-order chi connectivity index (χ0) is 12.1. The van der Waals surface area contributed by atoms with E-state index in [1.54, 1.807) is 0 Å². The molecular weight excluding hydrogens is 218 g/mol. The van der Waals surface area contributed by atoms with Gasteiger partial charge in [-0.05, 0) is 26.1 Å². The molecule has 90 valence electrons. The average molecular weight is 233 g/mol. The Hall–Kier alpha value is -1.88. The summed E-state index contributed by atoms with van der Waals surface area (Å²) >= 11 is 0. The Morgan fingerprint density at radius 3 is 3.06 bits per heavy atom. The van der Waals surface area contributed by atoms with Gasteiger partial charge < -0.3 is 14.6 Å². The van der Waals surface area contributed by atoms with Crippen molar-refractivity contribution in [3.8, 4) is 17.1 Å². The lowest BCUT2D eigenvalue weighted by molar-refractivity contribution is 0.340. The van der Waals surface area contributed by atoms with Gasteiger partial charge in [-0.15, -0.1) is 0 Å². The Balaban J connectivity index is 2.22. The fourth-order valence-corrected chi connectivity index (χ4v) is 1.49. The maximum Gasteiger partial charge on any atom is 0.240 e. The smallest absolute Gasteiger partial charge is 0.240 e. The van der Waals surface area contributed by atoms with E-state index in [4.69, 9.17) is 9.26 Å². The van der Waals surface area contributed by atoms with E-state index in [0.29, 0.717) is 24.9 Å². The van der Waals surface area contributed by atoms with Gasteiger partial charge in [0.25, 0.3) is 0 Å². The lowest BCUT2D eigenvalue weighted by atomic mass is 10.2. The number of aromatic nitrogens is 2. The van der Waals surface area contributed by atoms with Crippen molar-refractivity contribution in [3.63, 3.8) is 0 Å². The fourth-order valence-electron chi connectivity index (χ4n) is 1.49. The number of nitrogens with one attached hydrogen (secondary N) is 1. The number of benzene rings is 1. The molecule has 5 nitrogen and oxygen atoms in total. The van der Waals surface area contributed by atoms with Crippen LogP contribution in [0.25, 0.3) is 11.4 Å². The zero-order valence-corrected chi connectivity index (χ0v) is 9.93. The van der Waals surface area contributed by atoms with Crippen LogP contribution < -0.4 is 10.1 Å². The zero-order valence-electron chi connectivity index (χ0n) is 9.93. The van der Waals surface area contributed by atoms with Gasteiger partial charge in [-0.3, -0.25) is 0 Å². The van der Waals surface area contributed by atoms with Gasteiger partial charge in [0.1, 0.15) is 5.75 Å². The number of nitrogens with zero attached hydrogens (tertiary/aromatic N) is 2. The normalized spacial score (nSPS) is 10.5. The molecule has 0 fully saturated rings. The summed E-state index contributed by atoms with van der Waals surface area (Å²) in [7, 11) is 1.83. The van der Waals surface area contributed by atoms with E-state index in [2.05, 4.69) is 15.5 Å². The Kier molecular flexibility index (Phi) is 3.72. The van der Waals surface area contributed by atoms with Gasteiger partial charge in [-0.2, -0.15) is 4.98 Å². The highest BCUT2D eigenvalue weighted by Gasteiger charge is 2.08. The summed E-state index contributed by atoms with van der Waals surface area (Å²) in [4.78, 5) is 4.28. The van der Waals surface area contributed by atoms with Gasteiger partial charge in [0.2, 0.25) is 11.7 Å². The highest BCUT2D eigenvalue weighted by molar-refractivity contribution is 5.56. The summed E-state index contributed by atoms with van der Waals surface area (Å²) in [6.45, 7) is 3.16. The molecule has 1 aromatic carbocycles. The molecule has 0 radical (unpaired) electrons. The van der Waals surface area contributed by atoms with Gasteiger partial charge in [-0.25, -0.2) is 0 Å². The quantitative estimate of drug-likeness (QED) is 0.854. The maximum atomic E-state index is 5.42. The molecule has 0 atom stereocenters. The first-order chi connectivity index (χ1) is 8.33. The molecule has 0 unspecified atom stereocenters. The monoisotopic (exact) mass is 233 g/mol. The van der Waals surface area contributed by atoms with Gasteiger partial charge in [-0.1, -0.05) is 17.3 Å². The number of hydrogen-bond donors (Lipinski definition) is 1. The molecule has 0 saturated carbocycles. The van der Waals surface area contributed by atoms with Crippen LogP contribution in [-0.2, 0) is 6.54 Å². The molecule has 17 heavy (non-hydrogen) atoms. The van der Waals surface area contributed by atoms with Crippen LogP contribution >= 0.6 is 0 Å². The summed E-state index contributed by atoms with van der Waals surface area (Å²) < 4.78 is 10.5. The van der Waals surface area contributed by atoms with Crippen molar-refractivity contribution >= 4 is 0 Å². The van der Waals surface area contributed by atoms with Crippen molar-refractivity contribution in [2.75, 3.05) is 13.7 Å². The second-order valence-electron chi connectivity index (χ2n) is 3.50. The van der Waals surface area contributed by atoms with Gasteiger partial charge >= 0.3 is 0 Å². The summed E-state index contributed by atoms with van der Waals surface area (Å²) in [5.41, 5.74) is 0.891. The number of rotatable bonds is 5. The minimum absolute atomic E-state index is 0.568. The fraction of sp³-hybridized carbons (Fsp3) is 0.333. The molecule has 1 heterocycles. The summed E-state index contributed by atoms with van der Waals surface area (Å²) in [6.07, 6.45) is 0. The molecule has 0 aliphatic carbocycles. The van der Waals surface area contributed by atoms with Gasteiger partial charge in [0, 0.05) is 5.56 Å². The molecule has 0 amide bonds. The third-order valence-corrected chi connectivity index (χ3v) is 2.20. The highest BCUT2D eigenvalue weighted by atomic mass is 16.5. The van der Waals surface area contributed by atoms with Crippen LogP contribution in [0.5, 0.6) is 5.75 Å². The predicted molar refractivity (Wildman–Crippen MR) is 63.7 cm³/mol. The first-order valence-corrected chi connectivity index (χ1v) is 5.54. The molecule has 0 aliphatic rings. The van der Waals surface area contributed by atoms with Crippen molar-refractivity contribution in [1.82, 2.24) is 15.5 Å². The molecule has 0 aliphatic heterocycles. The number of hydrogen-bond acceptors (Lipinski definition) is 5. The van der Waals surface area contributed by atoms with Crippen LogP contribution in [0.3, 0.4) is 0 Å². The minimum Gasteiger partial charge on any atom is -0.494 e. The van der Waals surface area contributed by atoms with E-state index < -0.39 is 0 Å². The lowest BCUT2D eigenvalue weighted by Crippen LogP contribution is -2.04. The average Bonchev–Trinajstić information content (AvgIpc) is 2.79. The van der Waals surface area contributed by atoms with Crippen molar-refractivity contribution in [2.24, 2.45) is 0 Å². The van der Waals surface area contributed by atoms with Crippen molar-refractivity contribution in [1.29, 1.82) is 0 Å². The molecular formula is C12H15N3O2. The van der Waals surface area contributed by atoms with E-state index in [9.17, 15) is 0 Å². The molecule has 1 aromatic heterocycles. The Bertz CT molecular complexity index is 482. The maximum absolute atomic E-state index is 5.42. The van der Waals surface area contributed by atoms with E-state index >= 15 is 0 Å². The van der Waals surface area contributed by atoms with Gasteiger partial charge in [0.05, 0.1) is 13.2 Å². The van der Waals surface area contributed by atoms with Crippen LogP contribution in [0, 0.1) is 0 Å². The lowest BCUT2D eigenvalue weighted by Gasteiger charge is -2.02. The first kappa shape index (κ1) is 11.6. The van der Waals surface area contributed by atoms with Crippen molar-refractivity contribution in [2.45, 2.75) is 13.5 Å². The third-order valence-electron chi connectivity index (χ3n) is 2.20. The van der Waals surface area contributed by atoms with Gasteiger partial charge in [0.15, 0.2) is 0 Å². The largest absolute Gasteiger partial charge is 0.494 e. The first-order valence-electron chi connectivity index (χ1n) is 5.54. The molecule has 0 bridgehead atoms. The van der Waals surface area contributed by atoms with Crippen molar-refractivity contribution < 1.29 is 9.26 Å². The van der Waals surface area contributed by atoms with Crippen molar-refractivity contribution in [3.05, 3.63) is 30.2 Å². The molecule has 0 saturated heterocycles. The third kappa shape index (κ3) is 2.82. The topological polar surface area (TPSA) is 60.2 Å². The molecule has 0 spiro atoms. The molecule has 5 heteroatoms. The van der Waals surface area contributed by atoms with E-state index in [0.717, 1.165) is 11.3 Å². The van der Waals surface area contributed by atoms with Crippen LogP contribution in [0.1, 0.15) is 12.8 Å². The standard InChI is InChI=1S/C12H15N3O2/c1-3-16-10-6-4-5-9(7-10)12-14-11(8-13-2)17-15-12/h4-7,13H,3,8H2,1-2H3. The van der Waals surface area contributed by atoms with E-state index in [1.165, 1.54) is 0 Å². The SMILES string of the molecule is CCOc1cccc(-c2noc(CNC)n2)c1.